The van der Waals surface area contributed by atoms with Gasteiger partial charge in [-0.05, 0) is 32.2 Å². The molecule has 2 rings (SSSR count). The maximum absolute atomic E-state index is 6.03. The van der Waals surface area contributed by atoms with Crippen LogP contribution in [0.2, 0.25) is 0 Å². The summed E-state index contributed by atoms with van der Waals surface area (Å²) in [6, 6.07) is 0.784. The first-order valence-electron chi connectivity index (χ1n) is 6.75. The fraction of sp³-hybridized carbons (Fsp3) is 1.00. The van der Waals surface area contributed by atoms with Crippen molar-refractivity contribution in [3.8, 4) is 0 Å². The number of nitrogens with two attached hydrogens (primary N) is 1. The van der Waals surface area contributed by atoms with Crippen LogP contribution in [0.25, 0.3) is 0 Å². The summed E-state index contributed by atoms with van der Waals surface area (Å²) in [7, 11) is 1.82. The van der Waals surface area contributed by atoms with Gasteiger partial charge in [0.25, 0.3) is 0 Å². The molecule has 0 radical (unpaired) electrons. The van der Waals surface area contributed by atoms with Gasteiger partial charge in [0.15, 0.2) is 0 Å². The van der Waals surface area contributed by atoms with Gasteiger partial charge in [0.05, 0.1) is 6.10 Å². The molecule has 0 unspecified atom stereocenters. The predicted octanol–water partition coefficient (Wildman–Crippen LogP) is 1.76. The number of ether oxygens (including phenoxy) is 1. The molecule has 0 spiro atoms. The minimum Gasteiger partial charge on any atom is -0.381 e. The fourth-order valence-electron chi connectivity index (χ4n) is 3.67. The van der Waals surface area contributed by atoms with Crippen LogP contribution >= 0.6 is 0 Å². The van der Waals surface area contributed by atoms with Crippen molar-refractivity contribution in [1.82, 2.24) is 4.90 Å². The van der Waals surface area contributed by atoms with Crippen LogP contribution in [0.4, 0.5) is 0 Å². The molecule has 0 bridgehead atoms. The Morgan fingerprint density at radius 3 is 2.38 bits per heavy atom. The predicted molar refractivity (Wildman–Crippen MR) is 66.5 cm³/mol. The lowest BCUT2D eigenvalue weighted by molar-refractivity contribution is -0.0995. The Kier molecular flexibility index (Phi) is 3.88. The van der Waals surface area contributed by atoms with Crippen LogP contribution in [0.3, 0.4) is 0 Å². The van der Waals surface area contributed by atoms with Crippen molar-refractivity contribution in [2.75, 3.05) is 20.2 Å². The van der Waals surface area contributed by atoms with Crippen molar-refractivity contribution >= 4 is 0 Å². The van der Waals surface area contributed by atoms with Gasteiger partial charge in [0.2, 0.25) is 0 Å². The zero-order valence-corrected chi connectivity index (χ0v) is 10.7. The summed E-state index contributed by atoms with van der Waals surface area (Å²) in [4.78, 5) is 2.68. The summed E-state index contributed by atoms with van der Waals surface area (Å²) in [6.07, 6.45) is 8.24. The highest BCUT2D eigenvalue weighted by atomic mass is 16.5. The van der Waals surface area contributed by atoms with Gasteiger partial charge in [0.1, 0.15) is 0 Å². The molecule has 0 aliphatic heterocycles. The van der Waals surface area contributed by atoms with E-state index in [2.05, 4.69) is 11.8 Å². The van der Waals surface area contributed by atoms with Crippen LogP contribution in [0, 0.1) is 0 Å². The van der Waals surface area contributed by atoms with Gasteiger partial charge in [-0.1, -0.05) is 19.8 Å². The molecule has 0 amide bonds. The van der Waals surface area contributed by atoms with Gasteiger partial charge in [-0.3, -0.25) is 4.90 Å². The lowest BCUT2D eigenvalue weighted by Gasteiger charge is -2.55. The molecule has 0 saturated heterocycles. The van der Waals surface area contributed by atoms with Crippen LogP contribution in [-0.2, 0) is 4.74 Å². The zero-order chi connectivity index (χ0) is 11.6. The van der Waals surface area contributed by atoms with E-state index in [-0.39, 0.29) is 5.54 Å². The van der Waals surface area contributed by atoms with E-state index in [9.17, 15) is 0 Å². The highest BCUT2D eigenvalue weighted by Crippen LogP contribution is 2.42. The van der Waals surface area contributed by atoms with E-state index in [0.29, 0.717) is 6.10 Å². The van der Waals surface area contributed by atoms with Gasteiger partial charge < -0.3 is 10.5 Å². The minimum absolute atomic E-state index is 0.254. The molecular weight excluding hydrogens is 200 g/mol. The molecule has 3 nitrogen and oxygen atoms in total. The Morgan fingerprint density at radius 2 is 1.94 bits per heavy atom. The topological polar surface area (TPSA) is 38.5 Å². The van der Waals surface area contributed by atoms with Gasteiger partial charge in [-0.25, -0.2) is 0 Å². The first-order chi connectivity index (χ1) is 7.75. The van der Waals surface area contributed by atoms with Gasteiger partial charge in [0, 0.05) is 25.2 Å². The summed E-state index contributed by atoms with van der Waals surface area (Å²) >= 11 is 0. The molecule has 0 atom stereocenters. The van der Waals surface area contributed by atoms with Crippen LogP contribution in [-0.4, -0.2) is 42.8 Å². The largest absolute Gasteiger partial charge is 0.381 e. The van der Waals surface area contributed by atoms with Crippen molar-refractivity contribution in [2.45, 2.75) is 63.1 Å². The number of nitrogens with zero attached hydrogens (tertiary/aromatic N) is 1. The van der Waals surface area contributed by atoms with Crippen molar-refractivity contribution in [2.24, 2.45) is 5.73 Å². The monoisotopic (exact) mass is 226 g/mol. The van der Waals surface area contributed by atoms with Gasteiger partial charge in [-0.2, -0.15) is 0 Å². The van der Waals surface area contributed by atoms with Gasteiger partial charge in [-0.15, -0.1) is 0 Å². The van der Waals surface area contributed by atoms with E-state index < -0.39 is 0 Å². The van der Waals surface area contributed by atoms with Gasteiger partial charge >= 0.3 is 0 Å². The Morgan fingerprint density at radius 1 is 1.31 bits per heavy atom. The Bertz CT molecular complexity index is 220. The summed E-state index contributed by atoms with van der Waals surface area (Å²) < 4.78 is 5.42. The van der Waals surface area contributed by atoms with Crippen LogP contribution in [0.5, 0.6) is 0 Å². The number of likely N-dealkylation sites (N-methyl/N-ethyl adjacent to an activating group) is 1. The third-order valence-electron chi connectivity index (χ3n) is 4.64. The lowest BCUT2D eigenvalue weighted by atomic mass is 9.72. The number of methoxy groups -OCH3 is 1. The molecule has 2 fully saturated rings. The standard InChI is InChI=1S/C13H26N2O/c1-3-15(11-6-4-5-7-11)13(10-14)8-12(9-13)16-2/h11-12H,3-10,14H2,1-2H3. The molecule has 2 saturated carbocycles. The van der Waals surface area contributed by atoms with E-state index >= 15 is 0 Å². The molecule has 0 heterocycles. The first-order valence-corrected chi connectivity index (χ1v) is 6.75. The maximum atomic E-state index is 6.03. The lowest BCUT2D eigenvalue weighted by Crippen LogP contribution is -2.65. The number of hydrogen-bond acceptors (Lipinski definition) is 3. The van der Waals surface area contributed by atoms with Crippen molar-refractivity contribution in [1.29, 1.82) is 0 Å². The van der Waals surface area contributed by atoms with Crippen molar-refractivity contribution < 1.29 is 4.74 Å². The Balaban J connectivity index is 2.01. The van der Waals surface area contributed by atoms with Crippen molar-refractivity contribution in [3.05, 3.63) is 0 Å². The molecule has 2 N–H and O–H groups in total. The van der Waals surface area contributed by atoms with E-state index in [4.69, 9.17) is 10.5 Å². The molecule has 3 heteroatoms. The number of hydrogen-bond donors (Lipinski definition) is 1. The smallest absolute Gasteiger partial charge is 0.0607 e. The summed E-state index contributed by atoms with van der Waals surface area (Å²) in [6.45, 7) is 4.20. The molecule has 0 aromatic rings. The average Bonchev–Trinajstić information content (AvgIpc) is 2.76. The summed E-state index contributed by atoms with van der Waals surface area (Å²) in [5, 5.41) is 0. The molecule has 0 aromatic carbocycles. The second-order valence-corrected chi connectivity index (χ2v) is 5.42. The van der Waals surface area contributed by atoms with E-state index in [1.54, 1.807) is 0 Å². The Hall–Kier alpha value is -0.120. The second kappa shape index (κ2) is 5.03. The van der Waals surface area contributed by atoms with Crippen LogP contribution < -0.4 is 5.73 Å². The molecule has 2 aliphatic carbocycles. The molecule has 16 heavy (non-hydrogen) atoms. The Labute approximate surface area is 99.3 Å². The SMILES string of the molecule is CCN(C1CCCC1)C1(CN)CC(OC)C1. The van der Waals surface area contributed by atoms with Crippen molar-refractivity contribution in [3.63, 3.8) is 0 Å². The van der Waals surface area contributed by atoms with E-state index in [1.807, 2.05) is 7.11 Å². The number of rotatable bonds is 5. The summed E-state index contributed by atoms with van der Waals surface area (Å²) in [5.74, 6) is 0. The maximum Gasteiger partial charge on any atom is 0.0607 e. The minimum atomic E-state index is 0.254. The zero-order valence-electron chi connectivity index (χ0n) is 10.7. The van der Waals surface area contributed by atoms with Crippen LogP contribution in [0.1, 0.15) is 45.4 Å². The first kappa shape index (κ1) is 12.3. The average molecular weight is 226 g/mol. The van der Waals surface area contributed by atoms with Crippen LogP contribution in [0.15, 0.2) is 0 Å². The quantitative estimate of drug-likeness (QED) is 0.776. The molecule has 0 aromatic heterocycles. The van der Waals surface area contributed by atoms with E-state index in [0.717, 1.165) is 32.0 Å². The third-order valence-corrected chi connectivity index (χ3v) is 4.64. The third kappa shape index (κ3) is 2.01. The molecule has 94 valence electrons. The fourth-order valence-corrected chi connectivity index (χ4v) is 3.67. The second-order valence-electron chi connectivity index (χ2n) is 5.42. The highest BCUT2D eigenvalue weighted by Gasteiger charge is 2.49. The van der Waals surface area contributed by atoms with E-state index in [1.165, 1.54) is 25.7 Å². The normalized spacial score (nSPS) is 35.6. The molecule has 2 aliphatic rings. The summed E-state index contributed by atoms with van der Waals surface area (Å²) in [5.41, 5.74) is 6.29. The highest BCUT2D eigenvalue weighted by molar-refractivity contribution is 5.06. The molecular formula is C13H26N2O.